The average molecular weight is 364 g/mol. The van der Waals surface area contributed by atoms with Crippen molar-refractivity contribution < 1.29 is 25.2 Å². The first-order valence-electron chi connectivity index (χ1n) is 8.10. The Morgan fingerprint density at radius 2 is 1.85 bits per heavy atom. The summed E-state index contributed by atoms with van der Waals surface area (Å²) in [5, 5.41) is 40.8. The van der Waals surface area contributed by atoms with Gasteiger partial charge >= 0.3 is 5.69 Å². The third kappa shape index (κ3) is 2.89. The van der Waals surface area contributed by atoms with Gasteiger partial charge in [-0.25, -0.2) is 4.79 Å². The fraction of sp³-hybridized carbons (Fsp3) is 0.412. The molecule has 0 unspecified atom stereocenters. The van der Waals surface area contributed by atoms with Crippen molar-refractivity contribution in [3.8, 4) is 0 Å². The van der Waals surface area contributed by atoms with Crippen LogP contribution in [0.25, 0.3) is 0 Å². The Morgan fingerprint density at radius 3 is 2.42 bits per heavy atom. The van der Waals surface area contributed by atoms with E-state index in [2.05, 4.69) is 0 Å². The molecule has 2 aromatic rings. The van der Waals surface area contributed by atoms with Crippen molar-refractivity contribution in [2.75, 3.05) is 6.61 Å². The summed E-state index contributed by atoms with van der Waals surface area (Å²) in [6.45, 7) is -0.685. The van der Waals surface area contributed by atoms with Gasteiger partial charge in [0.2, 0.25) is 11.5 Å². The number of hydrogen-bond donors (Lipinski definition) is 5. The largest absolute Gasteiger partial charge is 0.394 e. The summed E-state index contributed by atoms with van der Waals surface area (Å²) < 4.78 is 6.42. The molecule has 1 aliphatic heterocycles. The molecule has 9 heteroatoms. The summed E-state index contributed by atoms with van der Waals surface area (Å²) >= 11 is 0. The highest BCUT2D eigenvalue weighted by molar-refractivity contribution is 5.16. The van der Waals surface area contributed by atoms with Gasteiger partial charge in [0, 0.05) is 18.7 Å². The Hall–Kier alpha value is -2.30. The lowest BCUT2D eigenvalue weighted by atomic mass is 9.91. The molecule has 0 aliphatic carbocycles. The normalized spacial score (nSPS) is 27.5. The van der Waals surface area contributed by atoms with Crippen LogP contribution < -0.4 is 11.2 Å². The molecule has 0 amide bonds. The lowest BCUT2D eigenvalue weighted by Gasteiger charge is -2.39. The standard InChI is InChI=1S/C17H20N2O7/c20-10-12-14(22)17(24,25)16(26-12,8-6-11-4-2-1-3-5-11)19-9-7-13(21)18-15(19)23/h1-5,7,9,12,14,20,22,24-25H,6,8,10H2,(H,18,21,23)/t12-,14-,16-/m1/s1. The van der Waals surface area contributed by atoms with E-state index in [4.69, 9.17) is 4.74 Å². The van der Waals surface area contributed by atoms with Crippen LogP contribution in [0.5, 0.6) is 0 Å². The zero-order valence-corrected chi connectivity index (χ0v) is 13.8. The molecule has 26 heavy (non-hydrogen) atoms. The maximum atomic E-state index is 12.3. The molecule has 140 valence electrons. The molecule has 1 aromatic carbocycles. The van der Waals surface area contributed by atoms with Crippen LogP contribution in [-0.2, 0) is 16.9 Å². The first kappa shape index (κ1) is 18.5. The zero-order valence-electron chi connectivity index (χ0n) is 13.8. The quantitative estimate of drug-likeness (QED) is 0.396. The predicted molar refractivity (Wildman–Crippen MR) is 89.2 cm³/mol. The van der Waals surface area contributed by atoms with Crippen LogP contribution >= 0.6 is 0 Å². The molecule has 1 aliphatic rings. The third-order valence-electron chi connectivity index (χ3n) is 4.67. The number of ether oxygens (including phenoxy) is 1. The first-order valence-corrected chi connectivity index (χ1v) is 8.10. The molecule has 0 bridgehead atoms. The molecule has 0 radical (unpaired) electrons. The lowest BCUT2D eigenvalue weighted by molar-refractivity contribution is -0.304. The van der Waals surface area contributed by atoms with Gasteiger partial charge in [-0.15, -0.1) is 0 Å². The van der Waals surface area contributed by atoms with Gasteiger partial charge in [-0.05, 0) is 12.0 Å². The number of benzene rings is 1. The van der Waals surface area contributed by atoms with Gasteiger partial charge < -0.3 is 25.2 Å². The highest BCUT2D eigenvalue weighted by Crippen LogP contribution is 2.44. The molecule has 9 nitrogen and oxygen atoms in total. The van der Waals surface area contributed by atoms with Crippen LogP contribution in [0.1, 0.15) is 12.0 Å². The van der Waals surface area contributed by atoms with Crippen molar-refractivity contribution in [3.05, 3.63) is 69.0 Å². The van der Waals surface area contributed by atoms with E-state index in [-0.39, 0.29) is 12.8 Å². The van der Waals surface area contributed by atoms with Gasteiger partial charge in [0.25, 0.3) is 5.56 Å². The van der Waals surface area contributed by atoms with Crippen molar-refractivity contribution in [3.63, 3.8) is 0 Å². The molecule has 0 spiro atoms. The van der Waals surface area contributed by atoms with E-state index in [9.17, 15) is 30.0 Å². The van der Waals surface area contributed by atoms with Crippen LogP contribution in [0.15, 0.2) is 52.2 Å². The van der Waals surface area contributed by atoms with Gasteiger partial charge in [0.05, 0.1) is 6.61 Å². The summed E-state index contributed by atoms with van der Waals surface area (Å²) in [5.41, 5.74) is -2.85. The van der Waals surface area contributed by atoms with E-state index < -0.39 is 41.6 Å². The second-order valence-corrected chi connectivity index (χ2v) is 6.26. The molecular formula is C17H20N2O7. The van der Waals surface area contributed by atoms with E-state index in [1.165, 1.54) is 0 Å². The molecule has 3 atom stereocenters. The van der Waals surface area contributed by atoms with Gasteiger partial charge in [-0.1, -0.05) is 30.3 Å². The third-order valence-corrected chi connectivity index (χ3v) is 4.67. The van der Waals surface area contributed by atoms with Crippen molar-refractivity contribution in [2.45, 2.75) is 36.6 Å². The SMILES string of the molecule is O=c1ccn([C@]2(CCc3ccccc3)O[C@H](CO)[C@@H](O)C2(O)O)c(=O)[nH]1. The number of aromatic amines is 1. The number of H-pyrrole nitrogens is 1. The minimum atomic E-state index is -2.88. The minimum absolute atomic E-state index is 0.108. The van der Waals surface area contributed by atoms with Crippen molar-refractivity contribution in [1.29, 1.82) is 0 Å². The summed E-state index contributed by atoms with van der Waals surface area (Å²) in [4.78, 5) is 25.7. The maximum Gasteiger partial charge on any atom is 0.330 e. The molecule has 5 N–H and O–H groups in total. The van der Waals surface area contributed by atoms with Crippen LogP contribution in [0.4, 0.5) is 0 Å². The Balaban J connectivity index is 2.10. The van der Waals surface area contributed by atoms with E-state index in [0.717, 1.165) is 22.4 Å². The lowest BCUT2D eigenvalue weighted by Crippen LogP contribution is -2.60. The summed E-state index contributed by atoms with van der Waals surface area (Å²) in [7, 11) is 0. The van der Waals surface area contributed by atoms with Crippen LogP contribution in [-0.4, -0.2) is 54.6 Å². The second kappa shape index (κ2) is 6.78. The van der Waals surface area contributed by atoms with Crippen molar-refractivity contribution >= 4 is 0 Å². The smallest absolute Gasteiger partial charge is 0.330 e. The van der Waals surface area contributed by atoms with Gasteiger partial charge in [-0.3, -0.25) is 14.3 Å². The molecule has 3 rings (SSSR count). The van der Waals surface area contributed by atoms with Crippen LogP contribution in [0.3, 0.4) is 0 Å². The number of aryl methyl sites for hydroxylation is 1. The fourth-order valence-electron chi connectivity index (χ4n) is 3.29. The molecule has 1 aromatic heterocycles. The molecule has 0 saturated carbocycles. The van der Waals surface area contributed by atoms with E-state index in [1.54, 1.807) is 12.1 Å². The highest BCUT2D eigenvalue weighted by Gasteiger charge is 2.66. The fourth-order valence-corrected chi connectivity index (χ4v) is 3.29. The number of rotatable bonds is 5. The van der Waals surface area contributed by atoms with E-state index in [1.807, 2.05) is 23.2 Å². The minimum Gasteiger partial charge on any atom is -0.394 e. The number of aliphatic hydroxyl groups is 4. The Morgan fingerprint density at radius 1 is 1.15 bits per heavy atom. The number of nitrogens with one attached hydrogen (secondary N) is 1. The number of aromatic nitrogens is 2. The van der Waals surface area contributed by atoms with Gasteiger partial charge in [0.1, 0.15) is 12.2 Å². The van der Waals surface area contributed by atoms with E-state index >= 15 is 0 Å². The van der Waals surface area contributed by atoms with Gasteiger partial charge in [-0.2, -0.15) is 0 Å². The zero-order chi connectivity index (χ0) is 18.9. The number of nitrogens with zero attached hydrogens (tertiary/aromatic N) is 1. The summed E-state index contributed by atoms with van der Waals surface area (Å²) in [6, 6.07) is 10.1. The average Bonchev–Trinajstić information content (AvgIpc) is 2.81. The monoisotopic (exact) mass is 364 g/mol. The summed E-state index contributed by atoms with van der Waals surface area (Å²) in [5.74, 6) is -2.88. The Kier molecular flexibility index (Phi) is 4.82. The molecule has 1 fully saturated rings. The maximum absolute atomic E-state index is 12.3. The first-order chi connectivity index (χ1) is 12.3. The molecule has 1 saturated heterocycles. The number of hydrogen-bond acceptors (Lipinski definition) is 7. The topological polar surface area (TPSA) is 145 Å². The number of aliphatic hydroxyl groups excluding tert-OH is 2. The Bertz CT molecular complexity index is 876. The summed E-state index contributed by atoms with van der Waals surface area (Å²) in [6.07, 6.45) is -1.94. The molecular weight excluding hydrogens is 344 g/mol. The predicted octanol–water partition coefficient (Wildman–Crippen LogP) is -1.74. The molecule has 2 heterocycles. The highest BCUT2D eigenvalue weighted by atomic mass is 16.6. The second-order valence-electron chi connectivity index (χ2n) is 6.26. The van der Waals surface area contributed by atoms with E-state index in [0.29, 0.717) is 0 Å². The Labute approximate surface area is 147 Å². The van der Waals surface area contributed by atoms with Crippen molar-refractivity contribution in [1.82, 2.24) is 9.55 Å². The van der Waals surface area contributed by atoms with Crippen LogP contribution in [0.2, 0.25) is 0 Å². The van der Waals surface area contributed by atoms with Gasteiger partial charge in [0.15, 0.2) is 0 Å². The van der Waals surface area contributed by atoms with Crippen molar-refractivity contribution in [2.24, 2.45) is 0 Å². The van der Waals surface area contributed by atoms with Crippen LogP contribution in [0, 0.1) is 0 Å².